The summed E-state index contributed by atoms with van der Waals surface area (Å²) < 4.78 is 33.0. The Balaban J connectivity index is 1.70. The van der Waals surface area contributed by atoms with Crippen LogP contribution in [0.15, 0.2) is 23.1 Å². The fourth-order valence-corrected chi connectivity index (χ4v) is 4.34. The van der Waals surface area contributed by atoms with Gasteiger partial charge in [-0.1, -0.05) is 13.0 Å². The van der Waals surface area contributed by atoms with Crippen LogP contribution in [0.5, 0.6) is 0 Å². The van der Waals surface area contributed by atoms with Crippen LogP contribution in [-0.2, 0) is 32.5 Å². The second-order valence-corrected chi connectivity index (χ2v) is 8.10. The van der Waals surface area contributed by atoms with E-state index in [1.807, 2.05) is 17.9 Å². The molecule has 1 amide bonds. The Morgan fingerprint density at radius 3 is 2.92 bits per heavy atom. The summed E-state index contributed by atoms with van der Waals surface area (Å²) in [6.07, 6.45) is 3.04. The number of hydrogen-bond acceptors (Lipinski definition) is 4. The Morgan fingerprint density at radius 2 is 2.21 bits per heavy atom. The molecule has 3 rings (SSSR count). The molecule has 0 aromatic heterocycles. The van der Waals surface area contributed by atoms with Crippen LogP contribution in [0.2, 0.25) is 0 Å². The Bertz CT molecular complexity index is 711. The highest BCUT2D eigenvalue weighted by Gasteiger charge is 2.23. The average Bonchev–Trinajstić information content (AvgIpc) is 3.12. The lowest BCUT2D eigenvalue weighted by molar-refractivity contribution is -0.131. The van der Waals surface area contributed by atoms with Crippen molar-refractivity contribution in [1.82, 2.24) is 9.62 Å². The fraction of sp³-hybridized carbons (Fsp3) is 0.588. The third kappa shape index (κ3) is 3.79. The molecule has 0 radical (unpaired) electrons. The maximum Gasteiger partial charge on any atom is 0.240 e. The molecule has 1 fully saturated rings. The SMILES string of the molecule is CCC(=O)N1CCc2cc(S(=O)(=O)NCC3CCCO3)ccc2C1. The Labute approximate surface area is 143 Å². The van der Waals surface area contributed by atoms with Crippen molar-refractivity contribution >= 4 is 15.9 Å². The standard InChI is InChI=1S/C17H24N2O4S/c1-2-17(20)19-8-7-13-10-16(6-5-14(13)12-19)24(21,22)18-11-15-4-3-9-23-15/h5-6,10,15,18H,2-4,7-9,11-12H2,1H3. The number of benzene rings is 1. The molecule has 2 heterocycles. The van der Waals surface area contributed by atoms with E-state index in [1.165, 1.54) is 0 Å². The van der Waals surface area contributed by atoms with Gasteiger partial charge in [0.2, 0.25) is 15.9 Å². The molecule has 0 aliphatic carbocycles. The zero-order valence-corrected chi connectivity index (χ0v) is 14.8. The molecule has 0 saturated carbocycles. The monoisotopic (exact) mass is 352 g/mol. The zero-order valence-electron chi connectivity index (χ0n) is 14.0. The molecular weight excluding hydrogens is 328 g/mol. The summed E-state index contributed by atoms with van der Waals surface area (Å²) in [7, 11) is -3.53. The topological polar surface area (TPSA) is 75.7 Å². The van der Waals surface area contributed by atoms with Crippen LogP contribution in [-0.4, -0.2) is 45.0 Å². The number of nitrogens with zero attached hydrogens (tertiary/aromatic N) is 1. The van der Waals surface area contributed by atoms with Gasteiger partial charge in [-0.3, -0.25) is 4.79 Å². The van der Waals surface area contributed by atoms with Gasteiger partial charge >= 0.3 is 0 Å². The van der Waals surface area contributed by atoms with Crippen molar-refractivity contribution in [3.8, 4) is 0 Å². The number of nitrogens with one attached hydrogen (secondary N) is 1. The van der Waals surface area contributed by atoms with E-state index >= 15 is 0 Å². The van der Waals surface area contributed by atoms with Crippen LogP contribution < -0.4 is 4.72 Å². The Hall–Kier alpha value is -1.44. The lowest BCUT2D eigenvalue weighted by atomic mass is 10.00. The summed E-state index contributed by atoms with van der Waals surface area (Å²) in [5.41, 5.74) is 2.04. The molecule has 1 N–H and O–H groups in total. The van der Waals surface area contributed by atoms with Crippen molar-refractivity contribution in [1.29, 1.82) is 0 Å². The minimum atomic E-state index is -3.53. The average molecular weight is 352 g/mol. The van der Waals surface area contributed by atoms with Gasteiger partial charge in [0.1, 0.15) is 0 Å². The van der Waals surface area contributed by atoms with Crippen molar-refractivity contribution in [2.24, 2.45) is 0 Å². The van der Waals surface area contributed by atoms with Gasteiger partial charge in [-0.05, 0) is 42.5 Å². The number of hydrogen-bond donors (Lipinski definition) is 1. The van der Waals surface area contributed by atoms with Crippen LogP contribution in [0.4, 0.5) is 0 Å². The summed E-state index contributed by atoms with van der Waals surface area (Å²) >= 11 is 0. The third-order valence-corrected chi connectivity index (χ3v) is 6.10. The molecule has 132 valence electrons. The molecular formula is C17H24N2O4S. The van der Waals surface area contributed by atoms with Gasteiger partial charge in [-0.15, -0.1) is 0 Å². The van der Waals surface area contributed by atoms with Crippen LogP contribution >= 0.6 is 0 Å². The van der Waals surface area contributed by atoms with E-state index in [4.69, 9.17) is 4.74 Å². The first kappa shape index (κ1) is 17.4. The van der Waals surface area contributed by atoms with Crippen LogP contribution in [0.1, 0.15) is 37.3 Å². The molecule has 1 saturated heterocycles. The maximum atomic E-state index is 12.5. The molecule has 1 aromatic carbocycles. The van der Waals surface area contributed by atoms with Crippen molar-refractivity contribution in [2.45, 2.75) is 50.2 Å². The predicted molar refractivity (Wildman–Crippen MR) is 90.0 cm³/mol. The van der Waals surface area contributed by atoms with E-state index in [1.54, 1.807) is 12.1 Å². The smallest absolute Gasteiger partial charge is 0.240 e. The normalized spacial score (nSPS) is 20.9. The summed E-state index contributed by atoms with van der Waals surface area (Å²) in [6, 6.07) is 5.18. The van der Waals surface area contributed by atoms with Crippen LogP contribution in [0, 0.1) is 0 Å². The van der Waals surface area contributed by atoms with E-state index < -0.39 is 10.0 Å². The molecule has 1 unspecified atom stereocenters. The van der Waals surface area contributed by atoms with Gasteiger partial charge in [0, 0.05) is 32.7 Å². The van der Waals surface area contributed by atoms with Crippen molar-refractivity contribution in [2.75, 3.05) is 19.7 Å². The van der Waals surface area contributed by atoms with Gasteiger partial charge in [-0.2, -0.15) is 0 Å². The van der Waals surface area contributed by atoms with Crippen LogP contribution in [0.3, 0.4) is 0 Å². The number of carbonyl (C=O) groups is 1. The van der Waals surface area contributed by atoms with Gasteiger partial charge in [0.25, 0.3) is 0 Å². The molecule has 0 bridgehead atoms. The second-order valence-electron chi connectivity index (χ2n) is 6.34. The quantitative estimate of drug-likeness (QED) is 0.870. The number of fused-ring (bicyclic) bond motifs is 1. The molecule has 7 heteroatoms. The fourth-order valence-electron chi connectivity index (χ4n) is 3.22. The van der Waals surface area contributed by atoms with E-state index in [2.05, 4.69) is 4.72 Å². The third-order valence-electron chi connectivity index (χ3n) is 4.68. The first-order valence-corrected chi connectivity index (χ1v) is 9.99. The van der Waals surface area contributed by atoms with E-state index in [-0.39, 0.29) is 16.9 Å². The van der Waals surface area contributed by atoms with Crippen molar-refractivity contribution in [3.05, 3.63) is 29.3 Å². The van der Waals surface area contributed by atoms with Gasteiger partial charge in [0.05, 0.1) is 11.0 Å². The molecule has 2 aliphatic rings. The Morgan fingerprint density at radius 1 is 1.38 bits per heavy atom. The largest absolute Gasteiger partial charge is 0.377 e. The highest BCUT2D eigenvalue weighted by Crippen LogP contribution is 2.23. The molecule has 24 heavy (non-hydrogen) atoms. The van der Waals surface area contributed by atoms with E-state index in [9.17, 15) is 13.2 Å². The van der Waals surface area contributed by atoms with E-state index in [0.29, 0.717) is 39.1 Å². The molecule has 1 aromatic rings. The second kappa shape index (κ2) is 7.21. The number of amides is 1. The minimum Gasteiger partial charge on any atom is -0.377 e. The lowest BCUT2D eigenvalue weighted by Gasteiger charge is -2.29. The van der Waals surface area contributed by atoms with Gasteiger partial charge in [0.15, 0.2) is 0 Å². The highest BCUT2D eigenvalue weighted by atomic mass is 32.2. The number of sulfonamides is 1. The molecule has 6 nitrogen and oxygen atoms in total. The number of ether oxygens (including phenoxy) is 1. The molecule has 0 spiro atoms. The predicted octanol–water partition coefficient (Wildman–Crippen LogP) is 1.44. The summed E-state index contributed by atoms with van der Waals surface area (Å²) in [4.78, 5) is 13.9. The highest BCUT2D eigenvalue weighted by molar-refractivity contribution is 7.89. The number of rotatable bonds is 5. The zero-order chi connectivity index (χ0) is 17.2. The Kier molecular flexibility index (Phi) is 5.22. The summed E-state index contributed by atoms with van der Waals surface area (Å²) in [6.45, 7) is 4.09. The van der Waals surface area contributed by atoms with E-state index in [0.717, 1.165) is 24.0 Å². The van der Waals surface area contributed by atoms with Gasteiger partial charge in [-0.25, -0.2) is 13.1 Å². The number of carbonyl (C=O) groups excluding carboxylic acids is 1. The first-order valence-electron chi connectivity index (χ1n) is 8.50. The minimum absolute atomic E-state index is 0.0222. The lowest BCUT2D eigenvalue weighted by Crippen LogP contribution is -2.36. The first-order chi connectivity index (χ1) is 11.5. The molecule has 2 aliphatic heterocycles. The van der Waals surface area contributed by atoms with Gasteiger partial charge < -0.3 is 9.64 Å². The maximum absolute atomic E-state index is 12.5. The van der Waals surface area contributed by atoms with Crippen molar-refractivity contribution < 1.29 is 17.9 Å². The summed E-state index contributed by atoms with van der Waals surface area (Å²) in [5.74, 6) is 0.135. The van der Waals surface area contributed by atoms with Crippen molar-refractivity contribution in [3.63, 3.8) is 0 Å². The molecule has 1 atom stereocenters. The van der Waals surface area contributed by atoms with Crippen LogP contribution in [0.25, 0.3) is 0 Å². The summed E-state index contributed by atoms with van der Waals surface area (Å²) in [5, 5.41) is 0.